The zero-order chi connectivity index (χ0) is 34.5. The Bertz CT molecular complexity index is 1320. The molecule has 4 aliphatic rings. The smallest absolute Gasteiger partial charge is 0.335 e. The van der Waals surface area contributed by atoms with E-state index in [1.165, 1.54) is 50.5 Å². The Morgan fingerprint density at radius 2 is 1.71 bits per heavy atom. The van der Waals surface area contributed by atoms with Crippen LogP contribution in [0.4, 0.5) is 5.69 Å². The van der Waals surface area contributed by atoms with Gasteiger partial charge in [-0.15, -0.1) is 23.2 Å². The molecular formula is C41H60Cl2N2O3. The number of carbonyl (C=O) groups is 2. The fraction of sp³-hybridized carbons (Fsp3) is 0.732. The fourth-order valence-corrected chi connectivity index (χ4v) is 11.0. The summed E-state index contributed by atoms with van der Waals surface area (Å²) in [5.41, 5.74) is 4.46. The lowest BCUT2D eigenvalue weighted by atomic mass is 9.46. The third-order valence-electron chi connectivity index (χ3n) is 13.1. The van der Waals surface area contributed by atoms with Gasteiger partial charge in [0.05, 0.1) is 5.71 Å². The molecule has 0 unspecified atom stereocenters. The molecule has 5 nitrogen and oxygen atoms in total. The topological polar surface area (TPSA) is 59.0 Å². The van der Waals surface area contributed by atoms with Crippen LogP contribution >= 0.6 is 23.2 Å². The van der Waals surface area contributed by atoms with Crippen molar-refractivity contribution in [3.8, 4) is 0 Å². The second-order valence-corrected chi connectivity index (χ2v) is 17.2. The number of halogens is 2. The van der Waals surface area contributed by atoms with Crippen LogP contribution < -0.4 is 4.90 Å². The maximum absolute atomic E-state index is 13.0. The van der Waals surface area contributed by atoms with E-state index in [1.807, 2.05) is 6.08 Å². The van der Waals surface area contributed by atoms with Crippen LogP contribution in [0.25, 0.3) is 0 Å². The normalized spacial score (nSPS) is 31.2. The SMILES string of the molecule is CC(C)CCC[C@@H](C)[C@H]1CC[C@H]2[C@@H]3C/C(=N\OC(=O)CCCc4ccc(N(CCCl)CCCl)cc4)C4=CC(=O)CC[C@]4(C)[C@H]3CC[C@]12C. The maximum Gasteiger partial charge on any atom is 0.335 e. The van der Waals surface area contributed by atoms with Crippen molar-refractivity contribution >= 4 is 46.4 Å². The van der Waals surface area contributed by atoms with E-state index in [0.717, 1.165) is 67.1 Å². The molecule has 3 saturated carbocycles. The minimum atomic E-state index is -0.300. The highest BCUT2D eigenvalue weighted by atomic mass is 35.5. The van der Waals surface area contributed by atoms with Gasteiger partial charge in [0.1, 0.15) is 0 Å². The summed E-state index contributed by atoms with van der Waals surface area (Å²) in [6.07, 6.45) is 15.0. The number of aryl methyl sites for hydroxylation is 1. The predicted molar refractivity (Wildman–Crippen MR) is 200 cm³/mol. The zero-order valence-electron chi connectivity index (χ0n) is 30.2. The van der Waals surface area contributed by atoms with Crippen molar-refractivity contribution in [3.05, 3.63) is 41.5 Å². The first-order chi connectivity index (χ1) is 23.0. The molecule has 1 aromatic rings. The van der Waals surface area contributed by atoms with Crippen LogP contribution in [0, 0.1) is 46.3 Å². The average Bonchev–Trinajstić information content (AvgIpc) is 3.41. The summed E-state index contributed by atoms with van der Waals surface area (Å²) >= 11 is 11.9. The number of alkyl halides is 2. The molecule has 0 spiro atoms. The Morgan fingerprint density at radius 1 is 0.979 bits per heavy atom. The summed E-state index contributed by atoms with van der Waals surface area (Å²) in [6, 6.07) is 8.42. The molecule has 0 aromatic heterocycles. The first kappa shape index (κ1) is 37.4. The van der Waals surface area contributed by atoms with Crippen LogP contribution in [0.5, 0.6) is 0 Å². The molecule has 48 heavy (non-hydrogen) atoms. The minimum Gasteiger partial charge on any atom is -0.369 e. The number of oxime groups is 1. The largest absolute Gasteiger partial charge is 0.369 e. The molecule has 0 aliphatic heterocycles. The molecule has 5 rings (SSSR count). The number of carbonyl (C=O) groups excluding carboxylic acids is 2. The number of benzene rings is 1. The fourth-order valence-electron chi connectivity index (χ4n) is 10.6. The van der Waals surface area contributed by atoms with Gasteiger partial charge in [0.15, 0.2) is 5.78 Å². The predicted octanol–water partition coefficient (Wildman–Crippen LogP) is 10.4. The first-order valence-corrected chi connectivity index (χ1v) is 20.0. The molecule has 0 bridgehead atoms. The number of hydrogen-bond acceptors (Lipinski definition) is 5. The Balaban J connectivity index is 1.24. The quantitative estimate of drug-likeness (QED) is 0.104. The van der Waals surface area contributed by atoms with Gasteiger partial charge in [0.25, 0.3) is 0 Å². The second kappa shape index (κ2) is 16.4. The number of ketones is 1. The minimum absolute atomic E-state index is 0.0837. The third kappa shape index (κ3) is 8.20. The highest BCUT2D eigenvalue weighted by molar-refractivity contribution is 6.18. The van der Waals surface area contributed by atoms with Crippen molar-refractivity contribution in [1.82, 2.24) is 0 Å². The Labute approximate surface area is 300 Å². The number of nitrogens with zero attached hydrogens (tertiary/aromatic N) is 2. The number of fused-ring (bicyclic) bond motifs is 5. The van der Waals surface area contributed by atoms with Crippen molar-refractivity contribution in [1.29, 1.82) is 0 Å². The summed E-state index contributed by atoms with van der Waals surface area (Å²) in [6.45, 7) is 13.7. The van der Waals surface area contributed by atoms with E-state index in [-0.39, 0.29) is 17.2 Å². The van der Waals surface area contributed by atoms with Crippen LogP contribution in [0.1, 0.15) is 117 Å². The maximum atomic E-state index is 13.0. The molecule has 0 heterocycles. The lowest BCUT2D eigenvalue weighted by Crippen LogP contribution is -2.53. The Hall–Kier alpha value is -1.85. The number of hydrogen-bond donors (Lipinski definition) is 0. The Kier molecular flexibility index (Phi) is 12.8. The van der Waals surface area contributed by atoms with E-state index in [9.17, 15) is 9.59 Å². The van der Waals surface area contributed by atoms with Gasteiger partial charge < -0.3 is 9.74 Å². The van der Waals surface area contributed by atoms with Crippen molar-refractivity contribution in [2.45, 2.75) is 118 Å². The van der Waals surface area contributed by atoms with E-state index >= 15 is 0 Å². The summed E-state index contributed by atoms with van der Waals surface area (Å²) in [5.74, 6) is 5.03. The van der Waals surface area contributed by atoms with Crippen LogP contribution in [-0.2, 0) is 20.8 Å². The zero-order valence-corrected chi connectivity index (χ0v) is 31.8. The first-order valence-electron chi connectivity index (χ1n) is 19.0. The summed E-state index contributed by atoms with van der Waals surface area (Å²) in [5, 5.41) is 4.60. The van der Waals surface area contributed by atoms with Crippen molar-refractivity contribution in [2.24, 2.45) is 51.5 Å². The van der Waals surface area contributed by atoms with Gasteiger partial charge in [-0.3, -0.25) is 4.79 Å². The van der Waals surface area contributed by atoms with Gasteiger partial charge in [0.2, 0.25) is 0 Å². The Morgan fingerprint density at radius 3 is 2.40 bits per heavy atom. The van der Waals surface area contributed by atoms with Crippen molar-refractivity contribution in [2.75, 3.05) is 29.7 Å². The van der Waals surface area contributed by atoms with Crippen LogP contribution in [0.3, 0.4) is 0 Å². The van der Waals surface area contributed by atoms with Gasteiger partial charge in [-0.05, 0) is 127 Å². The molecule has 4 aliphatic carbocycles. The second-order valence-electron chi connectivity index (χ2n) is 16.4. The standard InChI is InChI=1S/C41H60Cl2N2O3/c1-28(2)8-6-9-29(3)34-16-17-35-33-27-38(37-26-32(46)18-20-41(37,5)36(33)19-21-40(34,35)4)44-48-39(47)11-7-10-30-12-14-31(15-13-30)45(24-22-42)25-23-43/h12-15,26,28-29,33-36H,6-11,16-25,27H2,1-5H3/b44-38+/t29-,33+,34-,35+,36+,40-,41-/m1/s1. The van der Waals surface area contributed by atoms with E-state index < -0.39 is 0 Å². The molecule has 1 aromatic carbocycles. The molecule has 0 radical (unpaired) electrons. The number of anilines is 1. The number of allylic oxidation sites excluding steroid dienone is 1. The molecule has 7 heteroatoms. The summed E-state index contributed by atoms with van der Waals surface area (Å²) < 4.78 is 0. The van der Waals surface area contributed by atoms with Crippen LogP contribution in [0.15, 0.2) is 41.1 Å². The van der Waals surface area contributed by atoms with E-state index in [4.69, 9.17) is 28.0 Å². The summed E-state index contributed by atoms with van der Waals surface area (Å²) in [7, 11) is 0. The van der Waals surface area contributed by atoms with Gasteiger partial charge >= 0.3 is 5.97 Å². The molecular weight excluding hydrogens is 639 g/mol. The van der Waals surface area contributed by atoms with E-state index in [2.05, 4.69) is 68.9 Å². The van der Waals surface area contributed by atoms with E-state index in [1.54, 1.807) is 0 Å². The van der Waals surface area contributed by atoms with Crippen LogP contribution in [-0.4, -0.2) is 42.3 Å². The lowest BCUT2D eigenvalue weighted by molar-refractivity contribution is -0.143. The highest BCUT2D eigenvalue weighted by Gasteiger charge is 2.60. The van der Waals surface area contributed by atoms with Crippen LogP contribution in [0.2, 0.25) is 0 Å². The van der Waals surface area contributed by atoms with Gasteiger partial charge in [-0.2, -0.15) is 0 Å². The van der Waals surface area contributed by atoms with Gasteiger partial charge in [-0.25, -0.2) is 4.79 Å². The highest BCUT2D eigenvalue weighted by Crippen LogP contribution is 2.67. The van der Waals surface area contributed by atoms with Crippen molar-refractivity contribution in [3.63, 3.8) is 0 Å². The molecule has 7 atom stereocenters. The molecule has 0 saturated heterocycles. The molecule has 0 N–H and O–H groups in total. The average molecular weight is 700 g/mol. The monoisotopic (exact) mass is 698 g/mol. The molecule has 3 fully saturated rings. The third-order valence-corrected chi connectivity index (χ3v) is 13.5. The van der Waals surface area contributed by atoms with Gasteiger partial charge in [0, 0.05) is 43.4 Å². The lowest BCUT2D eigenvalue weighted by Gasteiger charge is -2.58. The van der Waals surface area contributed by atoms with E-state index in [0.29, 0.717) is 54.2 Å². The number of rotatable bonds is 15. The van der Waals surface area contributed by atoms with Gasteiger partial charge in [-0.1, -0.05) is 71.2 Å². The molecule has 0 amide bonds. The molecule has 266 valence electrons. The van der Waals surface area contributed by atoms with Crippen molar-refractivity contribution < 1.29 is 14.4 Å². The summed E-state index contributed by atoms with van der Waals surface area (Å²) in [4.78, 5) is 33.6.